The molecule has 4 fully saturated rings. The van der Waals surface area contributed by atoms with Crippen molar-refractivity contribution < 1.29 is 47.1 Å². The van der Waals surface area contributed by atoms with E-state index in [4.69, 9.17) is 47.1 Å². The van der Waals surface area contributed by atoms with Crippen LogP contribution in [0, 0.1) is 17.8 Å². The van der Waals surface area contributed by atoms with Crippen LogP contribution in [0.4, 0.5) is 0 Å². The Bertz CT molecular complexity index is 2730. The molecule has 7 unspecified atom stereocenters. The molecule has 83 heavy (non-hydrogen) atoms. The summed E-state index contributed by atoms with van der Waals surface area (Å²) in [6.45, 7) is 21.6. The Kier molecular flexibility index (Phi) is 24.3. The normalized spacial score (nSPS) is 32.6. The molecule has 4 aliphatic rings. The van der Waals surface area contributed by atoms with E-state index < -0.39 is 112 Å². The summed E-state index contributed by atoms with van der Waals surface area (Å²) in [7, 11) is -2.40. The zero-order chi connectivity index (χ0) is 59.6. The summed E-state index contributed by atoms with van der Waals surface area (Å²) >= 11 is 0. The van der Waals surface area contributed by atoms with Gasteiger partial charge in [0.25, 0.3) is 0 Å². The van der Waals surface area contributed by atoms with E-state index in [1.54, 1.807) is 0 Å². The summed E-state index contributed by atoms with van der Waals surface area (Å²) in [5.74, 6) is -0.888. The van der Waals surface area contributed by atoms with E-state index in [-0.39, 0.29) is 51.2 Å². The molecule has 0 aromatic heterocycles. The van der Waals surface area contributed by atoms with Crippen LogP contribution in [0.15, 0.2) is 117 Å². The molecule has 1 saturated carbocycles. The Morgan fingerprint density at radius 2 is 0.928 bits per heavy atom. The third-order valence-corrected chi connectivity index (χ3v) is 23.2. The van der Waals surface area contributed by atoms with E-state index in [9.17, 15) is 27.7 Å². The third-order valence-electron chi connectivity index (χ3n) is 17.2. The molecule has 7 rings (SSSR count). The molecule has 448 valence electrons. The van der Waals surface area contributed by atoms with E-state index >= 15 is 0 Å². The van der Waals surface area contributed by atoms with Gasteiger partial charge in [0.15, 0.2) is 27.2 Å². The first-order chi connectivity index (χ1) is 40.1. The highest BCUT2D eigenvalue weighted by Gasteiger charge is 2.57. The second-order valence-electron chi connectivity index (χ2n) is 22.9. The molecule has 3 heterocycles. The van der Waals surface area contributed by atoms with Crippen LogP contribution in [0.2, 0.25) is 16.6 Å². The van der Waals surface area contributed by atoms with Crippen molar-refractivity contribution in [1.29, 1.82) is 0 Å². The zero-order valence-electron chi connectivity index (χ0n) is 49.1. The van der Waals surface area contributed by atoms with E-state index in [0.717, 1.165) is 16.7 Å². The number of hydrogen-bond acceptors (Lipinski definition) is 15. The lowest BCUT2D eigenvalue weighted by Gasteiger charge is -2.49. The van der Waals surface area contributed by atoms with Crippen LogP contribution in [-0.2, 0) is 66.9 Å². The van der Waals surface area contributed by atoms with Gasteiger partial charge in [-0.1, -0.05) is 186 Å². The Morgan fingerprint density at radius 1 is 0.482 bits per heavy atom. The average molecular weight is 1160 g/mol. The molecular formula is C57H81N15O10Si. The van der Waals surface area contributed by atoms with Crippen LogP contribution in [0.3, 0.4) is 0 Å². The van der Waals surface area contributed by atoms with Crippen LogP contribution >= 0.6 is 0 Å². The molecule has 0 spiro atoms. The van der Waals surface area contributed by atoms with Gasteiger partial charge in [-0.05, 0) is 85.6 Å². The van der Waals surface area contributed by atoms with E-state index in [1.807, 2.05) is 119 Å². The first-order valence-electron chi connectivity index (χ1n) is 28.8. The van der Waals surface area contributed by atoms with Crippen molar-refractivity contribution in [3.63, 3.8) is 0 Å². The molecule has 3 saturated heterocycles. The summed E-state index contributed by atoms with van der Waals surface area (Å²) in [6, 6.07) is 24.4. The van der Waals surface area contributed by atoms with Crippen LogP contribution in [0.25, 0.3) is 52.2 Å². The second kappa shape index (κ2) is 31.2. The molecule has 3 aromatic carbocycles. The monoisotopic (exact) mass is 1160 g/mol. The van der Waals surface area contributed by atoms with Gasteiger partial charge in [0.2, 0.25) is 0 Å². The highest BCUT2D eigenvalue weighted by molar-refractivity contribution is 6.77. The molecule has 0 amide bonds. The second-order valence-corrected chi connectivity index (χ2v) is 28.4. The molecule has 26 heteroatoms. The first kappa shape index (κ1) is 64.6. The van der Waals surface area contributed by atoms with Crippen molar-refractivity contribution >= 4 is 8.32 Å². The Labute approximate surface area is 486 Å². The number of benzene rings is 3. The van der Waals surface area contributed by atoms with Crippen molar-refractivity contribution in [2.45, 2.75) is 216 Å². The molecule has 0 bridgehead atoms. The molecule has 19 atom stereocenters. The summed E-state index contributed by atoms with van der Waals surface area (Å²) in [6.07, 6.45) is -12.1. The zero-order valence-corrected chi connectivity index (χ0v) is 50.1. The fourth-order valence-corrected chi connectivity index (χ4v) is 18.2. The highest BCUT2D eigenvalue weighted by atomic mass is 28.4. The molecule has 25 nitrogen and oxygen atoms in total. The molecule has 0 radical (unpaired) electrons. The Morgan fingerprint density at radius 3 is 1.43 bits per heavy atom. The molecule has 3 aliphatic heterocycles. The third kappa shape index (κ3) is 15.7. The molecule has 0 N–H and O–H groups in total. The van der Waals surface area contributed by atoms with Crippen molar-refractivity contribution in [2.75, 3.05) is 13.2 Å². The maximum Gasteiger partial charge on any atom is 0.200 e. The van der Waals surface area contributed by atoms with Crippen LogP contribution < -0.4 is 0 Å². The van der Waals surface area contributed by atoms with Crippen molar-refractivity contribution in [2.24, 2.45) is 43.3 Å². The van der Waals surface area contributed by atoms with Gasteiger partial charge in [-0.15, -0.1) is 0 Å². The molecular weight excluding hydrogens is 1080 g/mol. The Balaban J connectivity index is 1.31. The smallest absolute Gasteiger partial charge is 0.200 e. The van der Waals surface area contributed by atoms with E-state index in [2.05, 4.69) is 91.7 Å². The number of hydrogen-bond donors (Lipinski definition) is 0. The van der Waals surface area contributed by atoms with Crippen molar-refractivity contribution in [3.8, 4) is 0 Å². The number of nitrogens with zero attached hydrogens (tertiary/aromatic N) is 15. The lowest BCUT2D eigenvalue weighted by atomic mass is 9.81. The minimum absolute atomic E-state index is 0.0354. The van der Waals surface area contributed by atoms with Gasteiger partial charge in [-0.3, -0.25) is 0 Å². The van der Waals surface area contributed by atoms with Crippen LogP contribution in [-0.4, -0.2) is 119 Å². The lowest BCUT2D eigenvalue weighted by molar-refractivity contribution is -0.305. The summed E-state index contributed by atoms with van der Waals surface area (Å²) in [4.78, 5) is 16.0. The first-order valence-corrected chi connectivity index (χ1v) is 31.0. The predicted molar refractivity (Wildman–Crippen MR) is 311 cm³/mol. The molecule has 1 aliphatic carbocycles. The van der Waals surface area contributed by atoms with Gasteiger partial charge in [0.05, 0.1) is 87.7 Å². The van der Waals surface area contributed by atoms with Gasteiger partial charge < -0.3 is 47.1 Å². The standard InChI is InChI=1S/C57H81N15O10Si/c1-11-44-52(81-56-48(67-72-62)49(38(10)45(78-56)28-63-68-58)73-29-39-21-15-12-16-22-39)54(75-31-41-25-19-14-20-26-41)57(77-44)82-53-50(74-30-40-23-17-13-18-24-40)42(64-69-59)27-43(65-70-60)51(53)80-55-47(66-71-61)37(9)36(8)46(79-55)32-76-83(33(2)3,34(4)5)35(6)7/h12-26,33-38,42-57H,11,27-32H2,1-10H3/t36-,37-,38+,42+,43?,44+,45-,46?,47?,48?,49?,50?,51+,52-,53+,54?,55+,56+,57-/m0/s1. The van der Waals surface area contributed by atoms with E-state index in [1.165, 1.54) is 0 Å². The molecule has 3 aromatic rings. The van der Waals surface area contributed by atoms with Gasteiger partial charge in [-0.2, -0.15) is 0 Å². The van der Waals surface area contributed by atoms with Crippen molar-refractivity contribution in [1.82, 2.24) is 0 Å². The highest BCUT2D eigenvalue weighted by Crippen LogP contribution is 2.45. The topological polar surface area (TPSA) is 336 Å². The largest absolute Gasteiger partial charge is 0.413 e. The quantitative estimate of drug-likeness (QED) is 0.0286. The van der Waals surface area contributed by atoms with Gasteiger partial charge >= 0.3 is 0 Å². The maximum absolute atomic E-state index is 10.3. The van der Waals surface area contributed by atoms with Crippen LogP contribution in [0.5, 0.6) is 0 Å². The number of ether oxygens (including phenoxy) is 9. The Hall–Kier alpha value is -5.97. The van der Waals surface area contributed by atoms with Gasteiger partial charge in [0.1, 0.15) is 24.4 Å². The predicted octanol–water partition coefficient (Wildman–Crippen LogP) is 14.0. The SMILES string of the molecule is CC[C@H]1O[C@@H](O[C@@H]2C(OCc3ccccc3)[C@H](N=[N+]=[N-])CC(N=[N+]=[N-])[C@H]2O[C@H]2OC(CO[Si](C(C)C)(C(C)C)C(C)C)[C@@H](C)[C@H](C)C2N=[N+]=[N-])C(OCc2ccccc2)[C@H]1O[C@H]1O[C@@H](CN=[N+]=[N-])[C@@H](C)C(OCc2ccccc2)C1N=[N+]=[N-]. The van der Waals surface area contributed by atoms with Gasteiger partial charge in [-0.25, -0.2) is 0 Å². The maximum atomic E-state index is 10.3. The summed E-state index contributed by atoms with van der Waals surface area (Å²) in [5.41, 5.74) is 53.5. The fourth-order valence-electron chi connectivity index (χ4n) is 12.7. The number of azide groups is 5. The fraction of sp³-hybridized carbons (Fsp3) is 0.684. The number of rotatable bonds is 28. The lowest BCUT2D eigenvalue weighted by Crippen LogP contribution is -2.62. The summed E-state index contributed by atoms with van der Waals surface area (Å²) < 4.78 is 69.5. The average Bonchev–Trinajstić information content (AvgIpc) is 3.84. The minimum Gasteiger partial charge on any atom is -0.413 e. The minimum atomic E-state index is -2.40. The van der Waals surface area contributed by atoms with Gasteiger partial charge in [0, 0.05) is 30.5 Å². The van der Waals surface area contributed by atoms with Crippen LogP contribution in [0.1, 0.15) is 98.8 Å². The van der Waals surface area contributed by atoms with E-state index in [0.29, 0.717) is 23.0 Å². The van der Waals surface area contributed by atoms with Crippen molar-refractivity contribution in [3.05, 3.63) is 160 Å². The summed E-state index contributed by atoms with van der Waals surface area (Å²) in [5, 5.41) is 20.9.